The second-order valence-electron chi connectivity index (χ2n) is 6.61. The van der Waals surface area contributed by atoms with Gasteiger partial charge in [0.2, 0.25) is 5.91 Å². The number of Topliss-reactive ketones (excluding diaryl/α,β-unsaturated/α-hetero) is 1. The summed E-state index contributed by atoms with van der Waals surface area (Å²) in [5.74, 6) is -2.33. The molecule has 1 aromatic heterocycles. The maximum Gasteiger partial charge on any atom is 0.245 e. The lowest BCUT2D eigenvalue weighted by Gasteiger charge is -2.15. The van der Waals surface area contributed by atoms with Gasteiger partial charge in [-0.3, -0.25) is 14.6 Å². The van der Waals surface area contributed by atoms with Crippen LogP contribution in [0.2, 0.25) is 0 Å². The van der Waals surface area contributed by atoms with Crippen molar-refractivity contribution in [3.63, 3.8) is 0 Å². The molecule has 5 nitrogen and oxygen atoms in total. The number of carbonyl (C=O) groups is 2. The molecule has 1 heterocycles. The lowest BCUT2D eigenvalue weighted by molar-refractivity contribution is -0.122. The average Bonchev–Trinajstić information content (AvgIpc) is 3.15. The van der Waals surface area contributed by atoms with Gasteiger partial charge in [-0.1, -0.05) is 43.2 Å². The molecule has 0 saturated heterocycles. The zero-order valence-electron chi connectivity index (χ0n) is 14.7. The van der Waals surface area contributed by atoms with Gasteiger partial charge < -0.3 is 5.32 Å². The van der Waals surface area contributed by atoms with Crippen LogP contribution < -0.4 is 5.32 Å². The highest BCUT2D eigenvalue weighted by molar-refractivity contribution is 6.12. The van der Waals surface area contributed by atoms with E-state index in [1.54, 1.807) is 19.1 Å². The van der Waals surface area contributed by atoms with Crippen molar-refractivity contribution < 1.29 is 9.59 Å². The van der Waals surface area contributed by atoms with Crippen molar-refractivity contribution in [2.24, 2.45) is 5.92 Å². The number of ketones is 1. The molecule has 132 valence electrons. The zero-order valence-corrected chi connectivity index (χ0v) is 14.7. The van der Waals surface area contributed by atoms with Gasteiger partial charge in [-0.15, -0.1) is 0 Å². The van der Waals surface area contributed by atoms with E-state index in [0.717, 1.165) is 36.9 Å². The largest absolute Gasteiger partial charge is 0.352 e. The van der Waals surface area contributed by atoms with E-state index in [1.165, 1.54) is 0 Å². The first kappa shape index (κ1) is 17.8. The number of nitriles is 1. The highest BCUT2D eigenvalue weighted by Crippen LogP contribution is 2.21. The topological polar surface area (TPSA) is 82.8 Å². The van der Waals surface area contributed by atoms with Crippen molar-refractivity contribution in [2.75, 3.05) is 0 Å². The Balaban J connectivity index is 1.79. The molecule has 0 spiro atoms. The van der Waals surface area contributed by atoms with Crippen molar-refractivity contribution in [1.82, 2.24) is 10.3 Å². The van der Waals surface area contributed by atoms with Gasteiger partial charge in [-0.25, -0.2) is 0 Å². The third-order valence-corrected chi connectivity index (χ3v) is 4.78. The fourth-order valence-corrected chi connectivity index (χ4v) is 3.34. The third-order valence-electron chi connectivity index (χ3n) is 4.78. The van der Waals surface area contributed by atoms with Gasteiger partial charge in [0.05, 0.1) is 11.8 Å². The minimum atomic E-state index is -1.33. The summed E-state index contributed by atoms with van der Waals surface area (Å²) in [6, 6.07) is 15.0. The number of pyridine rings is 1. The van der Waals surface area contributed by atoms with Crippen LogP contribution in [0.4, 0.5) is 0 Å². The predicted molar refractivity (Wildman–Crippen MR) is 98.2 cm³/mol. The van der Waals surface area contributed by atoms with Crippen molar-refractivity contribution in [2.45, 2.75) is 38.6 Å². The monoisotopic (exact) mass is 347 g/mol. The Hall–Kier alpha value is -3.00. The van der Waals surface area contributed by atoms with E-state index in [-0.39, 0.29) is 6.04 Å². The summed E-state index contributed by atoms with van der Waals surface area (Å²) >= 11 is 0. The first-order valence-electron chi connectivity index (χ1n) is 8.87. The Morgan fingerprint density at radius 3 is 2.46 bits per heavy atom. The second-order valence-corrected chi connectivity index (χ2v) is 6.61. The van der Waals surface area contributed by atoms with Crippen LogP contribution in [0.25, 0.3) is 11.3 Å². The molecule has 1 fully saturated rings. The quantitative estimate of drug-likeness (QED) is 0.663. The minimum absolute atomic E-state index is 0.0748. The number of nitrogens with zero attached hydrogens (tertiary/aromatic N) is 2. The van der Waals surface area contributed by atoms with E-state index in [1.807, 2.05) is 36.4 Å². The highest BCUT2D eigenvalue weighted by Gasteiger charge is 2.31. The van der Waals surface area contributed by atoms with Crippen LogP contribution in [-0.4, -0.2) is 22.7 Å². The lowest BCUT2D eigenvalue weighted by atomic mass is 9.96. The molecule has 1 amide bonds. The summed E-state index contributed by atoms with van der Waals surface area (Å²) in [6.45, 7) is 1.73. The number of aromatic nitrogens is 1. The number of aryl methyl sites for hydroxylation is 1. The molecule has 1 saturated carbocycles. The smallest absolute Gasteiger partial charge is 0.245 e. The van der Waals surface area contributed by atoms with Crippen molar-refractivity contribution >= 4 is 11.7 Å². The summed E-state index contributed by atoms with van der Waals surface area (Å²) in [7, 11) is 0. The maximum absolute atomic E-state index is 12.7. The molecular formula is C21H21N3O2. The SMILES string of the molecule is Cc1nc(-c2ccccc2)ccc1C(=O)[C@H](C#N)C(=O)NC1CCCC1. The van der Waals surface area contributed by atoms with Crippen molar-refractivity contribution in [3.8, 4) is 17.3 Å². The van der Waals surface area contributed by atoms with Crippen LogP contribution in [0.15, 0.2) is 42.5 Å². The minimum Gasteiger partial charge on any atom is -0.352 e. The number of hydrogen-bond acceptors (Lipinski definition) is 4. The highest BCUT2D eigenvalue weighted by atomic mass is 16.2. The fourth-order valence-electron chi connectivity index (χ4n) is 3.34. The van der Waals surface area contributed by atoms with Gasteiger partial charge in [-0.05, 0) is 31.9 Å². The number of benzene rings is 1. The van der Waals surface area contributed by atoms with E-state index in [2.05, 4.69) is 10.3 Å². The summed E-state index contributed by atoms with van der Waals surface area (Å²) in [4.78, 5) is 29.6. The van der Waals surface area contributed by atoms with E-state index < -0.39 is 17.6 Å². The maximum atomic E-state index is 12.7. The number of rotatable bonds is 5. The number of amides is 1. The molecule has 0 unspecified atom stereocenters. The molecule has 1 aliphatic carbocycles. The van der Waals surface area contributed by atoms with Crippen molar-refractivity contribution in [1.29, 1.82) is 5.26 Å². The van der Waals surface area contributed by atoms with E-state index >= 15 is 0 Å². The number of nitrogens with one attached hydrogen (secondary N) is 1. The molecule has 1 aromatic carbocycles. The first-order chi connectivity index (χ1) is 12.6. The fraction of sp³-hybridized carbons (Fsp3) is 0.333. The van der Waals surface area contributed by atoms with Gasteiger partial charge in [0.25, 0.3) is 0 Å². The van der Waals surface area contributed by atoms with Gasteiger partial charge in [0.15, 0.2) is 11.7 Å². The van der Waals surface area contributed by atoms with Crippen molar-refractivity contribution in [3.05, 3.63) is 53.7 Å². The molecular weight excluding hydrogens is 326 g/mol. The van der Waals surface area contributed by atoms with Gasteiger partial charge >= 0.3 is 0 Å². The average molecular weight is 347 g/mol. The van der Waals surface area contributed by atoms with E-state index in [4.69, 9.17) is 0 Å². The Morgan fingerprint density at radius 1 is 1.15 bits per heavy atom. The van der Waals surface area contributed by atoms with Crippen LogP contribution >= 0.6 is 0 Å². The summed E-state index contributed by atoms with van der Waals surface area (Å²) < 4.78 is 0. The normalized spacial score (nSPS) is 15.2. The number of carbonyl (C=O) groups excluding carboxylic acids is 2. The molecule has 1 atom stereocenters. The zero-order chi connectivity index (χ0) is 18.5. The summed E-state index contributed by atoms with van der Waals surface area (Å²) in [6.07, 6.45) is 3.95. The molecule has 26 heavy (non-hydrogen) atoms. The van der Waals surface area contributed by atoms with Crippen LogP contribution in [0.1, 0.15) is 41.7 Å². The molecule has 0 radical (unpaired) electrons. The first-order valence-corrected chi connectivity index (χ1v) is 8.87. The lowest BCUT2D eigenvalue weighted by Crippen LogP contribution is -2.40. The summed E-state index contributed by atoms with van der Waals surface area (Å²) in [5, 5.41) is 12.2. The van der Waals surface area contributed by atoms with Crippen LogP contribution in [-0.2, 0) is 4.79 Å². The second kappa shape index (κ2) is 7.92. The standard InChI is InChI=1S/C21H21N3O2/c1-14-17(11-12-19(23-14)15-7-3-2-4-8-15)20(25)18(13-22)21(26)24-16-9-5-6-10-16/h2-4,7-8,11-12,16,18H,5-6,9-10H2,1H3,(H,24,26)/t18-/m0/s1. The molecule has 1 aliphatic rings. The van der Waals surface area contributed by atoms with E-state index in [9.17, 15) is 14.9 Å². The molecule has 0 bridgehead atoms. The molecule has 0 aliphatic heterocycles. The van der Waals surface area contributed by atoms with Gasteiger partial charge in [0.1, 0.15) is 0 Å². The Bertz CT molecular complexity index is 849. The number of hydrogen-bond donors (Lipinski definition) is 1. The van der Waals surface area contributed by atoms with Crippen LogP contribution in [0.3, 0.4) is 0 Å². The molecule has 3 rings (SSSR count). The van der Waals surface area contributed by atoms with Gasteiger partial charge in [-0.2, -0.15) is 5.26 Å². The van der Waals surface area contributed by atoms with E-state index in [0.29, 0.717) is 11.3 Å². The Kier molecular flexibility index (Phi) is 5.43. The molecule has 5 heteroatoms. The van der Waals surface area contributed by atoms with Crippen LogP contribution in [0.5, 0.6) is 0 Å². The Labute approximate surface area is 153 Å². The summed E-state index contributed by atoms with van der Waals surface area (Å²) in [5.41, 5.74) is 2.54. The molecule has 1 N–H and O–H groups in total. The van der Waals surface area contributed by atoms with Gasteiger partial charge in [0, 0.05) is 22.9 Å². The third kappa shape index (κ3) is 3.80. The van der Waals surface area contributed by atoms with Crippen LogP contribution in [0, 0.1) is 24.2 Å². The Morgan fingerprint density at radius 2 is 1.85 bits per heavy atom. The predicted octanol–water partition coefficient (Wildman–Crippen LogP) is 3.44. The molecule has 2 aromatic rings.